The van der Waals surface area contributed by atoms with Gasteiger partial charge in [0.05, 0.1) is 0 Å². The Kier molecular flexibility index (Phi) is 4.48. The zero-order chi connectivity index (χ0) is 14.8. The molecule has 0 radical (unpaired) electrons. The first-order valence-electron chi connectivity index (χ1n) is 6.90. The Balaban J connectivity index is 2.66. The second-order valence-electron chi connectivity index (χ2n) is 7.06. The number of nitrogens with two attached hydrogens (primary N) is 1. The molecule has 0 aromatic heterocycles. The van der Waals surface area contributed by atoms with Crippen molar-refractivity contribution in [2.24, 2.45) is 33.6 Å². The molecule has 19 heavy (non-hydrogen) atoms. The van der Waals surface area contributed by atoms with Crippen LogP contribution in [-0.4, -0.2) is 23.5 Å². The maximum Gasteiger partial charge on any atom is 0.233 e. The van der Waals surface area contributed by atoms with Crippen LogP contribution in [0.2, 0.25) is 0 Å². The number of nitrogens with one attached hydrogen (secondary N) is 1. The van der Waals surface area contributed by atoms with Crippen LogP contribution in [-0.2, 0) is 4.79 Å². The first-order valence-corrected chi connectivity index (χ1v) is 6.90. The largest absolute Gasteiger partial charge is 0.409 e. The van der Waals surface area contributed by atoms with Crippen LogP contribution in [0.25, 0.3) is 0 Å². The van der Waals surface area contributed by atoms with Crippen molar-refractivity contribution in [3.8, 4) is 0 Å². The van der Waals surface area contributed by atoms with E-state index < -0.39 is 5.41 Å². The van der Waals surface area contributed by atoms with Crippen molar-refractivity contribution in [3.63, 3.8) is 0 Å². The van der Waals surface area contributed by atoms with Crippen molar-refractivity contribution in [1.82, 2.24) is 5.32 Å². The van der Waals surface area contributed by atoms with Crippen LogP contribution in [0.3, 0.4) is 0 Å². The molecule has 0 aliphatic heterocycles. The van der Waals surface area contributed by atoms with E-state index in [0.717, 1.165) is 0 Å². The van der Waals surface area contributed by atoms with Gasteiger partial charge < -0.3 is 16.3 Å². The smallest absolute Gasteiger partial charge is 0.233 e. The second kappa shape index (κ2) is 5.39. The van der Waals surface area contributed by atoms with E-state index in [-0.39, 0.29) is 17.2 Å². The number of nitrogens with zero attached hydrogens (tertiary/aromatic N) is 1. The topological polar surface area (TPSA) is 87.7 Å². The molecule has 0 aromatic rings. The molecule has 1 rings (SSSR count). The van der Waals surface area contributed by atoms with Crippen LogP contribution >= 0.6 is 0 Å². The van der Waals surface area contributed by atoms with Gasteiger partial charge in [-0.3, -0.25) is 4.79 Å². The number of amides is 1. The fraction of sp³-hybridized carbons (Fsp3) is 0.857. The van der Waals surface area contributed by atoms with Crippen molar-refractivity contribution in [3.05, 3.63) is 0 Å². The molecular formula is C14H27N3O2. The lowest BCUT2D eigenvalue weighted by Gasteiger charge is -2.44. The van der Waals surface area contributed by atoms with E-state index in [4.69, 9.17) is 10.9 Å². The summed E-state index contributed by atoms with van der Waals surface area (Å²) in [5, 5.41) is 14.9. The number of hydrogen-bond donors (Lipinski definition) is 3. The Hall–Kier alpha value is -1.26. The summed E-state index contributed by atoms with van der Waals surface area (Å²) in [6, 6.07) is 0. The third-order valence-electron chi connectivity index (χ3n) is 4.47. The molecule has 1 amide bonds. The molecule has 1 aliphatic rings. The fourth-order valence-electron chi connectivity index (χ4n) is 2.46. The van der Waals surface area contributed by atoms with Gasteiger partial charge in [-0.2, -0.15) is 0 Å². The predicted octanol–water partition coefficient (Wildman–Crippen LogP) is 1.95. The summed E-state index contributed by atoms with van der Waals surface area (Å²) < 4.78 is 0. The highest BCUT2D eigenvalue weighted by molar-refractivity contribution is 6.07. The molecule has 1 atom stereocenters. The first-order chi connectivity index (χ1) is 8.63. The molecule has 5 heteroatoms. The molecule has 0 heterocycles. The van der Waals surface area contributed by atoms with E-state index in [1.54, 1.807) is 0 Å². The minimum atomic E-state index is -0.800. The molecule has 4 N–H and O–H groups in total. The summed E-state index contributed by atoms with van der Waals surface area (Å²) in [4.78, 5) is 12.3. The van der Waals surface area contributed by atoms with Crippen molar-refractivity contribution >= 4 is 11.7 Å². The molecular weight excluding hydrogens is 242 g/mol. The Morgan fingerprint density at radius 1 is 1.53 bits per heavy atom. The molecule has 0 bridgehead atoms. The van der Waals surface area contributed by atoms with Gasteiger partial charge in [-0.1, -0.05) is 39.8 Å². The number of oxime groups is 1. The van der Waals surface area contributed by atoms with E-state index in [0.29, 0.717) is 31.2 Å². The average molecular weight is 269 g/mol. The fourth-order valence-corrected chi connectivity index (χ4v) is 2.46. The maximum atomic E-state index is 12.3. The van der Waals surface area contributed by atoms with Gasteiger partial charge >= 0.3 is 0 Å². The predicted molar refractivity (Wildman–Crippen MR) is 75.9 cm³/mol. The van der Waals surface area contributed by atoms with Crippen molar-refractivity contribution in [2.75, 3.05) is 6.54 Å². The normalized spacial score (nSPS) is 29.5. The van der Waals surface area contributed by atoms with Gasteiger partial charge in [0.2, 0.25) is 5.91 Å². The highest BCUT2D eigenvalue weighted by Gasteiger charge is 2.52. The van der Waals surface area contributed by atoms with Crippen LogP contribution in [0.1, 0.15) is 47.5 Å². The highest BCUT2D eigenvalue weighted by Crippen LogP contribution is 2.45. The Labute approximate surface area is 115 Å². The monoisotopic (exact) mass is 269 g/mol. The summed E-state index contributed by atoms with van der Waals surface area (Å²) in [6.07, 6.45) is 1.30. The van der Waals surface area contributed by atoms with E-state index in [1.165, 1.54) is 0 Å². The quantitative estimate of drug-likeness (QED) is 0.315. The standard InChI is InChI=1S/C14H27N3O2/c1-9-6-14(7-9,11(15)17-19)12(18)16-8-10(2)13(3,4)5/h9-10,19H,6-8H2,1-5H3,(H2,15,17)(H,16,18). The SMILES string of the molecule is CC1CC(C(=O)NCC(C)C(C)(C)C)(C(N)=NO)C1. The highest BCUT2D eigenvalue weighted by atomic mass is 16.4. The average Bonchev–Trinajstić information content (AvgIpc) is 2.28. The minimum absolute atomic E-state index is 0.0338. The summed E-state index contributed by atoms with van der Waals surface area (Å²) in [5.74, 6) is 0.716. The lowest BCUT2D eigenvalue weighted by atomic mass is 9.61. The lowest BCUT2D eigenvalue weighted by Crippen LogP contribution is -2.57. The zero-order valence-electron chi connectivity index (χ0n) is 12.7. The molecule has 0 aromatic carbocycles. The minimum Gasteiger partial charge on any atom is -0.409 e. The molecule has 0 spiro atoms. The van der Waals surface area contributed by atoms with Crippen molar-refractivity contribution in [2.45, 2.75) is 47.5 Å². The number of carbonyl (C=O) groups is 1. The summed E-state index contributed by atoms with van der Waals surface area (Å²) >= 11 is 0. The van der Waals surface area contributed by atoms with Crippen LogP contribution in [0.15, 0.2) is 5.16 Å². The summed E-state index contributed by atoms with van der Waals surface area (Å²) in [5.41, 5.74) is 5.05. The molecule has 1 saturated carbocycles. The third kappa shape index (κ3) is 3.19. The van der Waals surface area contributed by atoms with E-state index in [2.05, 4.69) is 45.1 Å². The van der Waals surface area contributed by atoms with Gasteiger partial charge in [-0.15, -0.1) is 0 Å². The second-order valence-corrected chi connectivity index (χ2v) is 7.06. The Morgan fingerprint density at radius 2 is 2.05 bits per heavy atom. The first kappa shape index (κ1) is 15.8. The number of rotatable bonds is 4. The molecule has 5 nitrogen and oxygen atoms in total. The van der Waals surface area contributed by atoms with Crippen LogP contribution in [0.5, 0.6) is 0 Å². The number of hydrogen-bond acceptors (Lipinski definition) is 3. The maximum absolute atomic E-state index is 12.3. The van der Waals surface area contributed by atoms with Crippen LogP contribution in [0, 0.1) is 22.7 Å². The number of amidine groups is 1. The van der Waals surface area contributed by atoms with E-state index in [9.17, 15) is 4.79 Å². The van der Waals surface area contributed by atoms with Gasteiger partial charge in [-0.25, -0.2) is 0 Å². The van der Waals surface area contributed by atoms with E-state index in [1.807, 2.05) is 0 Å². The molecule has 1 fully saturated rings. The van der Waals surface area contributed by atoms with Gasteiger partial charge in [0.15, 0.2) is 5.84 Å². The van der Waals surface area contributed by atoms with Crippen LogP contribution in [0.4, 0.5) is 0 Å². The Morgan fingerprint density at radius 3 is 2.42 bits per heavy atom. The summed E-state index contributed by atoms with van der Waals surface area (Å²) in [6.45, 7) is 11.2. The van der Waals surface area contributed by atoms with Gasteiger partial charge in [-0.05, 0) is 30.1 Å². The van der Waals surface area contributed by atoms with Crippen molar-refractivity contribution < 1.29 is 10.0 Å². The third-order valence-corrected chi connectivity index (χ3v) is 4.47. The summed E-state index contributed by atoms with van der Waals surface area (Å²) in [7, 11) is 0. The lowest BCUT2D eigenvalue weighted by molar-refractivity contribution is -0.133. The molecule has 1 aliphatic carbocycles. The van der Waals surface area contributed by atoms with Gasteiger partial charge in [0, 0.05) is 6.54 Å². The molecule has 0 saturated heterocycles. The zero-order valence-corrected chi connectivity index (χ0v) is 12.7. The van der Waals surface area contributed by atoms with E-state index >= 15 is 0 Å². The van der Waals surface area contributed by atoms with Crippen LogP contribution < -0.4 is 11.1 Å². The van der Waals surface area contributed by atoms with Gasteiger partial charge in [0.25, 0.3) is 0 Å². The van der Waals surface area contributed by atoms with Gasteiger partial charge in [0.1, 0.15) is 5.41 Å². The Bertz CT molecular complexity index is 365. The number of carbonyl (C=O) groups excluding carboxylic acids is 1. The van der Waals surface area contributed by atoms with Crippen molar-refractivity contribution in [1.29, 1.82) is 0 Å². The molecule has 110 valence electrons. The molecule has 1 unspecified atom stereocenters.